The van der Waals surface area contributed by atoms with Gasteiger partial charge >= 0.3 is 0 Å². The largest absolute Gasteiger partial charge is 0.360 e. The Morgan fingerprint density at radius 1 is 1.38 bits per heavy atom. The van der Waals surface area contributed by atoms with Gasteiger partial charge in [0, 0.05) is 6.54 Å². The first-order chi connectivity index (χ1) is 7.78. The molecule has 0 spiro atoms. The number of hydrogen-bond acceptors (Lipinski definition) is 5. The van der Waals surface area contributed by atoms with Gasteiger partial charge in [-0.3, -0.25) is 4.90 Å². The van der Waals surface area contributed by atoms with E-state index in [1.54, 1.807) is 11.3 Å². The third-order valence-corrected chi connectivity index (χ3v) is 3.90. The minimum absolute atomic E-state index is 0.892. The SMILES string of the molecule is CCNc1nnc(CN2CCC(C)CC2)s1. The third-order valence-electron chi connectivity index (χ3n) is 3.03. The average molecular weight is 240 g/mol. The molecule has 1 aliphatic rings. The van der Waals surface area contributed by atoms with E-state index in [0.29, 0.717) is 0 Å². The van der Waals surface area contributed by atoms with E-state index in [9.17, 15) is 0 Å². The van der Waals surface area contributed by atoms with Crippen LogP contribution in [0, 0.1) is 5.92 Å². The highest BCUT2D eigenvalue weighted by atomic mass is 32.1. The second kappa shape index (κ2) is 5.59. The molecule has 1 N–H and O–H groups in total. The van der Waals surface area contributed by atoms with Crippen molar-refractivity contribution >= 4 is 16.5 Å². The first-order valence-corrected chi connectivity index (χ1v) is 6.88. The molecule has 0 radical (unpaired) electrons. The Hall–Kier alpha value is -0.680. The van der Waals surface area contributed by atoms with Crippen LogP contribution in [0.25, 0.3) is 0 Å². The average Bonchev–Trinajstić information content (AvgIpc) is 2.70. The fourth-order valence-corrected chi connectivity index (χ4v) is 2.80. The fourth-order valence-electron chi connectivity index (χ4n) is 1.95. The molecule has 0 aliphatic carbocycles. The maximum atomic E-state index is 4.21. The van der Waals surface area contributed by atoms with E-state index in [1.165, 1.54) is 25.9 Å². The van der Waals surface area contributed by atoms with Crippen LogP contribution in [0.5, 0.6) is 0 Å². The maximum Gasteiger partial charge on any atom is 0.205 e. The quantitative estimate of drug-likeness (QED) is 0.876. The Kier molecular flexibility index (Phi) is 4.12. The lowest BCUT2D eigenvalue weighted by molar-refractivity contribution is 0.185. The van der Waals surface area contributed by atoms with Gasteiger partial charge in [-0.25, -0.2) is 0 Å². The minimum Gasteiger partial charge on any atom is -0.360 e. The molecule has 0 amide bonds. The molecule has 16 heavy (non-hydrogen) atoms. The van der Waals surface area contributed by atoms with Crippen LogP contribution in [0.2, 0.25) is 0 Å². The van der Waals surface area contributed by atoms with Crippen molar-refractivity contribution in [2.24, 2.45) is 5.92 Å². The monoisotopic (exact) mass is 240 g/mol. The van der Waals surface area contributed by atoms with Gasteiger partial charge in [0.05, 0.1) is 6.54 Å². The van der Waals surface area contributed by atoms with E-state index in [2.05, 4.69) is 34.3 Å². The van der Waals surface area contributed by atoms with Crippen molar-refractivity contribution in [3.05, 3.63) is 5.01 Å². The first-order valence-electron chi connectivity index (χ1n) is 6.06. The molecule has 1 fully saturated rings. The molecule has 2 rings (SSSR count). The highest BCUT2D eigenvalue weighted by Gasteiger charge is 2.17. The van der Waals surface area contributed by atoms with Gasteiger partial charge in [0.15, 0.2) is 0 Å². The van der Waals surface area contributed by atoms with Gasteiger partial charge in [-0.05, 0) is 38.8 Å². The van der Waals surface area contributed by atoms with E-state index >= 15 is 0 Å². The maximum absolute atomic E-state index is 4.21. The van der Waals surface area contributed by atoms with Gasteiger partial charge in [-0.15, -0.1) is 10.2 Å². The summed E-state index contributed by atoms with van der Waals surface area (Å²) in [6.07, 6.45) is 2.64. The van der Waals surface area contributed by atoms with Crippen molar-refractivity contribution in [3.63, 3.8) is 0 Å². The lowest BCUT2D eigenvalue weighted by Crippen LogP contribution is -2.32. The molecule has 1 saturated heterocycles. The summed E-state index contributed by atoms with van der Waals surface area (Å²) in [4.78, 5) is 2.48. The van der Waals surface area contributed by atoms with E-state index in [1.807, 2.05) is 0 Å². The molecule has 90 valence electrons. The summed E-state index contributed by atoms with van der Waals surface area (Å²) >= 11 is 1.68. The van der Waals surface area contributed by atoms with Crippen molar-refractivity contribution < 1.29 is 0 Å². The van der Waals surface area contributed by atoms with Gasteiger partial charge in [0.25, 0.3) is 0 Å². The summed E-state index contributed by atoms with van der Waals surface area (Å²) in [6, 6.07) is 0. The Labute approximate surface area is 101 Å². The van der Waals surface area contributed by atoms with Crippen LogP contribution in [0.15, 0.2) is 0 Å². The van der Waals surface area contributed by atoms with Crippen LogP contribution in [0.3, 0.4) is 0 Å². The first kappa shape index (κ1) is 11.8. The Balaban J connectivity index is 1.83. The number of aromatic nitrogens is 2. The number of piperidine rings is 1. The third kappa shape index (κ3) is 3.15. The van der Waals surface area contributed by atoms with Crippen LogP contribution in [0.1, 0.15) is 31.7 Å². The van der Waals surface area contributed by atoms with Gasteiger partial charge in [0.1, 0.15) is 5.01 Å². The van der Waals surface area contributed by atoms with Crippen LogP contribution in [0.4, 0.5) is 5.13 Å². The molecule has 4 nitrogen and oxygen atoms in total. The lowest BCUT2D eigenvalue weighted by atomic mass is 9.99. The standard InChI is InChI=1S/C11H20N4S/c1-3-12-11-14-13-10(16-11)8-15-6-4-9(2)5-7-15/h9H,3-8H2,1-2H3,(H,12,14). The van der Waals surface area contributed by atoms with Crippen molar-refractivity contribution in [3.8, 4) is 0 Å². The van der Waals surface area contributed by atoms with E-state index in [0.717, 1.165) is 29.1 Å². The normalized spacial score (nSPS) is 18.9. The molecule has 0 unspecified atom stereocenters. The highest BCUT2D eigenvalue weighted by Crippen LogP contribution is 2.21. The Bertz CT molecular complexity index is 318. The smallest absolute Gasteiger partial charge is 0.205 e. The van der Waals surface area contributed by atoms with Crippen LogP contribution >= 0.6 is 11.3 Å². The number of rotatable bonds is 4. The molecular weight excluding hydrogens is 220 g/mol. The molecule has 0 bridgehead atoms. The highest BCUT2D eigenvalue weighted by molar-refractivity contribution is 7.15. The Morgan fingerprint density at radius 2 is 2.12 bits per heavy atom. The summed E-state index contributed by atoms with van der Waals surface area (Å²) in [5.74, 6) is 0.892. The fraction of sp³-hybridized carbons (Fsp3) is 0.818. The second-order valence-corrected chi connectivity index (χ2v) is 5.55. The number of nitrogens with one attached hydrogen (secondary N) is 1. The van der Waals surface area contributed by atoms with E-state index in [4.69, 9.17) is 0 Å². The molecule has 1 aliphatic heterocycles. The predicted octanol–water partition coefficient (Wildman–Crippen LogP) is 2.20. The number of anilines is 1. The molecule has 2 heterocycles. The van der Waals surface area contributed by atoms with Crippen LogP contribution in [-0.2, 0) is 6.54 Å². The summed E-state index contributed by atoms with van der Waals surface area (Å²) in [5, 5.41) is 13.6. The summed E-state index contributed by atoms with van der Waals surface area (Å²) in [5.41, 5.74) is 0. The molecule has 0 aromatic carbocycles. The van der Waals surface area contributed by atoms with Gasteiger partial charge in [0.2, 0.25) is 5.13 Å². The predicted molar refractivity (Wildman–Crippen MR) is 67.7 cm³/mol. The zero-order chi connectivity index (χ0) is 11.4. The molecule has 1 aromatic heterocycles. The molecule has 1 aromatic rings. The van der Waals surface area contributed by atoms with Gasteiger partial charge < -0.3 is 5.32 Å². The van der Waals surface area contributed by atoms with E-state index in [-0.39, 0.29) is 0 Å². The topological polar surface area (TPSA) is 41.1 Å². The van der Waals surface area contributed by atoms with Crippen molar-refractivity contribution in [2.45, 2.75) is 33.2 Å². The summed E-state index contributed by atoms with van der Waals surface area (Å²) in [7, 11) is 0. The zero-order valence-corrected chi connectivity index (χ0v) is 10.9. The number of likely N-dealkylation sites (tertiary alicyclic amines) is 1. The zero-order valence-electron chi connectivity index (χ0n) is 10.1. The number of hydrogen-bond donors (Lipinski definition) is 1. The van der Waals surface area contributed by atoms with Crippen molar-refractivity contribution in [1.82, 2.24) is 15.1 Å². The molecule has 0 saturated carbocycles. The summed E-state index contributed by atoms with van der Waals surface area (Å²) < 4.78 is 0. The van der Waals surface area contributed by atoms with Crippen LogP contribution in [-0.4, -0.2) is 34.7 Å². The van der Waals surface area contributed by atoms with E-state index < -0.39 is 0 Å². The molecule has 5 heteroatoms. The summed E-state index contributed by atoms with van der Waals surface area (Å²) in [6.45, 7) is 8.71. The van der Waals surface area contributed by atoms with Crippen molar-refractivity contribution in [2.75, 3.05) is 25.0 Å². The Morgan fingerprint density at radius 3 is 2.81 bits per heavy atom. The number of nitrogens with zero attached hydrogens (tertiary/aromatic N) is 3. The molecule has 0 atom stereocenters. The van der Waals surface area contributed by atoms with Crippen LogP contribution < -0.4 is 5.32 Å². The minimum atomic E-state index is 0.892. The lowest BCUT2D eigenvalue weighted by Gasteiger charge is -2.29. The van der Waals surface area contributed by atoms with Crippen molar-refractivity contribution in [1.29, 1.82) is 0 Å². The van der Waals surface area contributed by atoms with Gasteiger partial charge in [-0.2, -0.15) is 0 Å². The second-order valence-electron chi connectivity index (χ2n) is 4.49. The molecular formula is C11H20N4S. The van der Waals surface area contributed by atoms with Gasteiger partial charge in [-0.1, -0.05) is 18.3 Å².